The number of hydrogen-bond acceptors (Lipinski definition) is 4. The molecule has 0 bridgehead atoms. The minimum absolute atomic E-state index is 0.0114. The normalized spacial score (nSPS) is 12.6. The Morgan fingerprint density at radius 2 is 1.92 bits per heavy atom. The maximum Gasteiger partial charge on any atom is 0.338 e. The van der Waals surface area contributed by atoms with E-state index in [4.69, 9.17) is 4.74 Å². The second-order valence-electron chi connectivity index (χ2n) is 5.24. The van der Waals surface area contributed by atoms with Gasteiger partial charge in [0.25, 0.3) is 0 Å². The number of nitrogens with one attached hydrogen (secondary N) is 1. The molecule has 134 valence electrons. The van der Waals surface area contributed by atoms with Gasteiger partial charge in [-0.3, -0.25) is 0 Å². The zero-order valence-electron chi connectivity index (χ0n) is 13.6. The summed E-state index contributed by atoms with van der Waals surface area (Å²) in [6.45, 7) is 3.23. The standard InChI is InChI=1S/C17H17F2NO4S/c1-3-20-25(22,23)14-6-4-5-12(9-14)17(21)24-11(2)15-10-13(18)7-8-16(15)19/h4-11,20H,3H2,1-2H3. The van der Waals surface area contributed by atoms with E-state index in [0.717, 1.165) is 24.3 Å². The fourth-order valence-electron chi connectivity index (χ4n) is 2.18. The van der Waals surface area contributed by atoms with Crippen LogP contribution in [0.5, 0.6) is 0 Å². The largest absolute Gasteiger partial charge is 0.454 e. The number of carbonyl (C=O) groups excluding carboxylic acids is 1. The monoisotopic (exact) mass is 369 g/mol. The van der Waals surface area contributed by atoms with Gasteiger partial charge in [0.1, 0.15) is 17.7 Å². The summed E-state index contributed by atoms with van der Waals surface area (Å²) in [4.78, 5) is 12.1. The van der Waals surface area contributed by atoms with E-state index in [1.54, 1.807) is 6.92 Å². The molecule has 0 aliphatic carbocycles. The summed E-state index contributed by atoms with van der Waals surface area (Å²) in [6.07, 6.45) is -1.04. The molecule has 8 heteroatoms. The quantitative estimate of drug-likeness (QED) is 0.794. The van der Waals surface area contributed by atoms with Crippen LogP contribution < -0.4 is 4.72 Å². The molecule has 2 rings (SSSR count). The number of hydrogen-bond donors (Lipinski definition) is 1. The molecule has 0 heterocycles. The number of esters is 1. The van der Waals surface area contributed by atoms with Crippen LogP contribution in [-0.2, 0) is 14.8 Å². The van der Waals surface area contributed by atoms with E-state index < -0.39 is 33.7 Å². The minimum atomic E-state index is -3.73. The molecule has 0 saturated carbocycles. The van der Waals surface area contributed by atoms with Gasteiger partial charge in [0.2, 0.25) is 10.0 Å². The Labute approximate surface area is 144 Å². The third-order valence-corrected chi connectivity index (χ3v) is 4.94. The Morgan fingerprint density at radius 1 is 1.20 bits per heavy atom. The minimum Gasteiger partial charge on any atom is -0.454 e. The molecule has 0 fully saturated rings. The van der Waals surface area contributed by atoms with Crippen molar-refractivity contribution < 1.29 is 26.7 Å². The summed E-state index contributed by atoms with van der Waals surface area (Å²) in [7, 11) is -3.73. The molecular weight excluding hydrogens is 352 g/mol. The van der Waals surface area contributed by atoms with Crippen LogP contribution in [0, 0.1) is 11.6 Å². The van der Waals surface area contributed by atoms with E-state index in [9.17, 15) is 22.0 Å². The SMILES string of the molecule is CCNS(=O)(=O)c1cccc(C(=O)OC(C)c2cc(F)ccc2F)c1. The van der Waals surface area contributed by atoms with Crippen LogP contribution in [0.2, 0.25) is 0 Å². The van der Waals surface area contributed by atoms with Crippen molar-refractivity contribution in [3.63, 3.8) is 0 Å². The molecule has 0 aliphatic rings. The molecule has 0 spiro atoms. The molecule has 1 atom stereocenters. The van der Waals surface area contributed by atoms with E-state index in [1.807, 2.05) is 0 Å². The average Bonchev–Trinajstić information content (AvgIpc) is 2.57. The van der Waals surface area contributed by atoms with Crippen LogP contribution in [0.15, 0.2) is 47.4 Å². The van der Waals surface area contributed by atoms with Gasteiger partial charge in [0.15, 0.2) is 0 Å². The van der Waals surface area contributed by atoms with Crippen molar-refractivity contribution >= 4 is 16.0 Å². The van der Waals surface area contributed by atoms with Crippen molar-refractivity contribution in [1.82, 2.24) is 4.72 Å². The third kappa shape index (κ3) is 4.61. The predicted molar refractivity (Wildman–Crippen MR) is 87.5 cm³/mol. The fourth-order valence-corrected chi connectivity index (χ4v) is 3.27. The molecule has 2 aromatic carbocycles. The van der Waals surface area contributed by atoms with Crippen molar-refractivity contribution in [3.05, 3.63) is 65.2 Å². The van der Waals surface area contributed by atoms with Gasteiger partial charge >= 0.3 is 5.97 Å². The lowest BCUT2D eigenvalue weighted by atomic mass is 10.1. The van der Waals surface area contributed by atoms with E-state index in [2.05, 4.69) is 4.72 Å². The first kappa shape index (κ1) is 19.0. The van der Waals surface area contributed by atoms with Gasteiger partial charge in [0.05, 0.1) is 10.5 Å². The number of benzene rings is 2. The van der Waals surface area contributed by atoms with Crippen LogP contribution in [0.25, 0.3) is 0 Å². The Bertz CT molecular complexity index is 884. The van der Waals surface area contributed by atoms with Crippen molar-refractivity contribution in [2.24, 2.45) is 0 Å². The molecule has 0 radical (unpaired) electrons. The van der Waals surface area contributed by atoms with Crippen LogP contribution in [0.3, 0.4) is 0 Å². The molecule has 0 amide bonds. The average molecular weight is 369 g/mol. The highest BCUT2D eigenvalue weighted by atomic mass is 32.2. The summed E-state index contributed by atoms with van der Waals surface area (Å²) in [5.74, 6) is -2.20. The zero-order valence-corrected chi connectivity index (χ0v) is 14.4. The molecule has 0 aromatic heterocycles. The second kappa shape index (κ2) is 7.71. The third-order valence-electron chi connectivity index (χ3n) is 3.39. The van der Waals surface area contributed by atoms with Gasteiger partial charge in [-0.2, -0.15) is 0 Å². The molecule has 2 aromatic rings. The molecule has 1 unspecified atom stereocenters. The Balaban J connectivity index is 2.22. The summed E-state index contributed by atoms with van der Waals surface area (Å²) in [6, 6.07) is 8.12. The molecule has 5 nitrogen and oxygen atoms in total. The Hall–Kier alpha value is -2.32. The molecular formula is C17H17F2NO4S. The van der Waals surface area contributed by atoms with Gasteiger partial charge in [0, 0.05) is 12.1 Å². The highest BCUT2D eigenvalue weighted by molar-refractivity contribution is 7.89. The van der Waals surface area contributed by atoms with Gasteiger partial charge in [-0.25, -0.2) is 26.7 Å². The van der Waals surface area contributed by atoms with E-state index in [0.29, 0.717) is 0 Å². The number of ether oxygens (including phenoxy) is 1. The zero-order chi connectivity index (χ0) is 18.6. The Morgan fingerprint density at radius 3 is 2.60 bits per heavy atom. The van der Waals surface area contributed by atoms with Crippen LogP contribution in [0.4, 0.5) is 8.78 Å². The highest BCUT2D eigenvalue weighted by Crippen LogP contribution is 2.23. The van der Waals surface area contributed by atoms with Gasteiger partial charge in [-0.15, -0.1) is 0 Å². The number of rotatable bonds is 6. The highest BCUT2D eigenvalue weighted by Gasteiger charge is 2.20. The van der Waals surface area contributed by atoms with Crippen LogP contribution in [0.1, 0.15) is 35.9 Å². The van der Waals surface area contributed by atoms with Crippen molar-refractivity contribution in [3.8, 4) is 0 Å². The van der Waals surface area contributed by atoms with Gasteiger partial charge in [-0.05, 0) is 43.3 Å². The number of sulfonamides is 1. The molecule has 0 saturated heterocycles. The number of halogens is 2. The summed E-state index contributed by atoms with van der Waals surface area (Å²) >= 11 is 0. The lowest BCUT2D eigenvalue weighted by molar-refractivity contribution is 0.0330. The first-order chi connectivity index (χ1) is 11.7. The topological polar surface area (TPSA) is 72.5 Å². The second-order valence-corrected chi connectivity index (χ2v) is 7.01. The summed E-state index contributed by atoms with van der Waals surface area (Å²) < 4.78 is 58.4. The lowest BCUT2D eigenvalue weighted by Gasteiger charge is -2.15. The predicted octanol–water partition coefficient (Wildman–Crippen LogP) is 3.18. The maximum atomic E-state index is 13.7. The molecule has 1 N–H and O–H groups in total. The first-order valence-electron chi connectivity index (χ1n) is 7.50. The molecule has 25 heavy (non-hydrogen) atoms. The molecule has 0 aliphatic heterocycles. The van der Waals surface area contributed by atoms with Gasteiger partial charge in [-0.1, -0.05) is 13.0 Å². The van der Waals surface area contributed by atoms with Gasteiger partial charge < -0.3 is 4.74 Å². The summed E-state index contributed by atoms with van der Waals surface area (Å²) in [5.41, 5.74) is -0.118. The van der Waals surface area contributed by atoms with E-state index >= 15 is 0 Å². The van der Waals surface area contributed by atoms with Crippen molar-refractivity contribution in [2.75, 3.05) is 6.54 Å². The van der Waals surface area contributed by atoms with Crippen LogP contribution in [-0.4, -0.2) is 20.9 Å². The Kier molecular flexibility index (Phi) is 5.86. The summed E-state index contributed by atoms with van der Waals surface area (Å²) in [5, 5.41) is 0. The van der Waals surface area contributed by atoms with E-state index in [1.165, 1.54) is 25.1 Å². The van der Waals surface area contributed by atoms with Crippen molar-refractivity contribution in [2.45, 2.75) is 24.8 Å². The smallest absolute Gasteiger partial charge is 0.338 e. The lowest BCUT2D eigenvalue weighted by Crippen LogP contribution is -2.23. The van der Waals surface area contributed by atoms with Crippen molar-refractivity contribution in [1.29, 1.82) is 0 Å². The van der Waals surface area contributed by atoms with E-state index in [-0.39, 0.29) is 22.6 Å². The number of carbonyl (C=O) groups is 1. The first-order valence-corrected chi connectivity index (χ1v) is 8.98. The fraction of sp³-hybridized carbons (Fsp3) is 0.235. The van der Waals surface area contributed by atoms with Crippen LogP contribution >= 0.6 is 0 Å². The maximum absolute atomic E-state index is 13.7.